The van der Waals surface area contributed by atoms with E-state index in [1.54, 1.807) is 13.8 Å². The van der Waals surface area contributed by atoms with Crippen LogP contribution in [-0.4, -0.2) is 29.9 Å². The van der Waals surface area contributed by atoms with Crippen molar-refractivity contribution >= 4 is 13.6 Å². The Morgan fingerprint density at radius 2 is 1.69 bits per heavy atom. The quantitative estimate of drug-likeness (QED) is 0.672. The van der Waals surface area contributed by atoms with E-state index >= 15 is 0 Å². The van der Waals surface area contributed by atoms with E-state index < -0.39 is 19.2 Å². The molecule has 0 bridgehead atoms. The van der Waals surface area contributed by atoms with Gasteiger partial charge in [-0.3, -0.25) is 9.36 Å². The van der Waals surface area contributed by atoms with Crippen LogP contribution in [0, 0.1) is 5.92 Å². The Morgan fingerprint density at radius 3 is 1.94 bits per heavy atom. The molecule has 0 rings (SSSR count). The van der Waals surface area contributed by atoms with Crippen molar-refractivity contribution in [2.75, 3.05) is 13.2 Å². The van der Waals surface area contributed by atoms with E-state index in [0.717, 1.165) is 0 Å². The lowest BCUT2D eigenvalue weighted by Gasteiger charge is -2.24. The molecule has 0 aromatic heterocycles. The molecule has 0 radical (unpaired) electrons. The van der Waals surface area contributed by atoms with Crippen molar-refractivity contribution in [2.45, 2.75) is 39.8 Å². The molecule has 1 atom stereocenters. The number of rotatable bonds is 8. The van der Waals surface area contributed by atoms with Crippen LogP contribution in [0.2, 0.25) is 0 Å². The van der Waals surface area contributed by atoms with E-state index in [2.05, 4.69) is 0 Å². The van der Waals surface area contributed by atoms with Crippen molar-refractivity contribution in [1.29, 1.82) is 0 Å². The van der Waals surface area contributed by atoms with Gasteiger partial charge in [0.15, 0.2) is 5.66 Å². The first-order chi connectivity index (χ1) is 7.37. The van der Waals surface area contributed by atoms with Gasteiger partial charge in [0.05, 0.1) is 13.2 Å². The molecule has 1 N–H and O–H groups in total. The second-order valence-electron chi connectivity index (χ2n) is 3.86. The molecule has 1 unspecified atom stereocenters. The Balaban J connectivity index is 4.93. The molecule has 0 spiro atoms. The third-order valence-corrected chi connectivity index (χ3v) is 4.41. The number of carboxylic acids is 1. The van der Waals surface area contributed by atoms with E-state index in [4.69, 9.17) is 14.2 Å². The molecule has 0 aromatic rings. The van der Waals surface area contributed by atoms with Gasteiger partial charge in [0.25, 0.3) is 0 Å². The summed E-state index contributed by atoms with van der Waals surface area (Å²) in [6, 6.07) is 0. The summed E-state index contributed by atoms with van der Waals surface area (Å²) in [7, 11) is -3.54. The van der Waals surface area contributed by atoms with Gasteiger partial charge in [0.2, 0.25) is 0 Å². The summed E-state index contributed by atoms with van der Waals surface area (Å²) in [6.45, 7) is 7.44. The van der Waals surface area contributed by atoms with Crippen molar-refractivity contribution in [1.82, 2.24) is 0 Å². The minimum absolute atomic E-state index is 0.121. The summed E-state index contributed by atoms with van der Waals surface area (Å²) in [5.74, 6) is -1.01. The topological polar surface area (TPSA) is 72.8 Å². The molecule has 0 saturated carbocycles. The summed E-state index contributed by atoms with van der Waals surface area (Å²) < 4.78 is 22.4. The van der Waals surface area contributed by atoms with Crippen LogP contribution in [-0.2, 0) is 18.4 Å². The molecule has 96 valence electrons. The van der Waals surface area contributed by atoms with E-state index in [0.29, 0.717) is 0 Å². The predicted octanol–water partition coefficient (Wildman–Crippen LogP) is 2.75. The van der Waals surface area contributed by atoms with Crippen LogP contribution in [0.1, 0.15) is 34.1 Å². The first kappa shape index (κ1) is 15.6. The number of aliphatic carboxylic acids is 1. The average molecular weight is 252 g/mol. The molecule has 0 amide bonds. The van der Waals surface area contributed by atoms with Crippen LogP contribution in [0.25, 0.3) is 0 Å². The minimum atomic E-state index is -3.54. The normalized spacial score (nSPS) is 14.1. The minimum Gasteiger partial charge on any atom is -0.481 e. The second-order valence-corrected chi connectivity index (χ2v) is 6.08. The van der Waals surface area contributed by atoms with E-state index in [-0.39, 0.29) is 25.6 Å². The standard InChI is InChI=1S/C10H21O5P/c1-5-14-16(13,15-6-2)9(10(11)12)7-8(3)4/h8-9H,5-7H2,1-4H3,(H,11,12). The Kier molecular flexibility index (Phi) is 6.88. The highest BCUT2D eigenvalue weighted by Gasteiger charge is 2.41. The highest BCUT2D eigenvalue weighted by atomic mass is 31.2. The van der Waals surface area contributed by atoms with Gasteiger partial charge in [-0.1, -0.05) is 13.8 Å². The maximum absolute atomic E-state index is 12.3. The first-order valence-electron chi connectivity index (χ1n) is 5.49. The molecule has 16 heavy (non-hydrogen) atoms. The molecule has 0 heterocycles. The lowest BCUT2D eigenvalue weighted by molar-refractivity contribution is -0.137. The summed E-state index contributed by atoms with van der Waals surface area (Å²) in [4.78, 5) is 11.1. The molecule has 0 aliphatic rings. The molecule has 0 aliphatic carbocycles. The summed E-state index contributed by atoms with van der Waals surface area (Å²) >= 11 is 0. The van der Waals surface area contributed by atoms with E-state index in [1.807, 2.05) is 13.8 Å². The number of carbonyl (C=O) groups is 1. The molecular weight excluding hydrogens is 231 g/mol. The zero-order valence-electron chi connectivity index (χ0n) is 10.3. The summed E-state index contributed by atoms with van der Waals surface area (Å²) in [5.41, 5.74) is -1.08. The van der Waals surface area contributed by atoms with Crippen LogP contribution in [0.5, 0.6) is 0 Å². The fourth-order valence-corrected chi connectivity index (χ4v) is 3.49. The fourth-order valence-electron chi connectivity index (χ4n) is 1.39. The van der Waals surface area contributed by atoms with Crippen LogP contribution < -0.4 is 0 Å². The van der Waals surface area contributed by atoms with Crippen LogP contribution in [0.4, 0.5) is 0 Å². The maximum Gasteiger partial charge on any atom is 0.344 e. The predicted molar refractivity (Wildman–Crippen MR) is 61.7 cm³/mol. The second kappa shape index (κ2) is 7.05. The fraction of sp³-hybridized carbons (Fsp3) is 0.900. The maximum atomic E-state index is 12.3. The molecule has 6 heteroatoms. The SMILES string of the molecule is CCOP(=O)(OCC)C(CC(C)C)C(=O)O. The molecular formula is C10H21O5P. The van der Waals surface area contributed by atoms with Gasteiger partial charge in [0.1, 0.15) is 0 Å². The van der Waals surface area contributed by atoms with Gasteiger partial charge in [-0.05, 0) is 26.2 Å². The molecule has 0 aliphatic heterocycles. The van der Waals surface area contributed by atoms with Crippen molar-refractivity contribution in [3.8, 4) is 0 Å². The number of hydrogen-bond donors (Lipinski definition) is 1. The molecule has 0 saturated heterocycles. The molecule has 0 fully saturated rings. The highest BCUT2D eigenvalue weighted by molar-refractivity contribution is 7.55. The Labute approximate surface area is 96.7 Å². The zero-order valence-corrected chi connectivity index (χ0v) is 11.2. The third-order valence-electron chi connectivity index (χ3n) is 1.98. The Morgan fingerprint density at radius 1 is 1.25 bits per heavy atom. The van der Waals surface area contributed by atoms with Crippen molar-refractivity contribution in [2.24, 2.45) is 5.92 Å². The van der Waals surface area contributed by atoms with Gasteiger partial charge < -0.3 is 14.2 Å². The van der Waals surface area contributed by atoms with Gasteiger partial charge in [-0.15, -0.1) is 0 Å². The van der Waals surface area contributed by atoms with Gasteiger partial charge >= 0.3 is 13.6 Å². The first-order valence-corrected chi connectivity index (χ1v) is 7.10. The van der Waals surface area contributed by atoms with Crippen LogP contribution in [0.3, 0.4) is 0 Å². The van der Waals surface area contributed by atoms with Crippen molar-refractivity contribution in [3.05, 3.63) is 0 Å². The summed E-state index contributed by atoms with van der Waals surface area (Å²) in [6.07, 6.45) is 0.284. The number of hydrogen-bond acceptors (Lipinski definition) is 4. The average Bonchev–Trinajstić information content (AvgIpc) is 2.14. The third kappa shape index (κ3) is 4.64. The van der Waals surface area contributed by atoms with Crippen molar-refractivity contribution in [3.63, 3.8) is 0 Å². The largest absolute Gasteiger partial charge is 0.481 e. The van der Waals surface area contributed by atoms with Gasteiger partial charge in [-0.2, -0.15) is 0 Å². The molecule has 5 nitrogen and oxygen atoms in total. The number of carboxylic acid groups (broad SMARTS) is 1. The van der Waals surface area contributed by atoms with Crippen LogP contribution >= 0.6 is 7.60 Å². The lowest BCUT2D eigenvalue weighted by atomic mass is 10.1. The van der Waals surface area contributed by atoms with E-state index in [9.17, 15) is 9.36 Å². The smallest absolute Gasteiger partial charge is 0.344 e. The van der Waals surface area contributed by atoms with Crippen molar-refractivity contribution < 1.29 is 23.5 Å². The highest BCUT2D eigenvalue weighted by Crippen LogP contribution is 2.54. The van der Waals surface area contributed by atoms with Gasteiger partial charge in [-0.25, -0.2) is 0 Å². The zero-order chi connectivity index (χ0) is 12.8. The monoisotopic (exact) mass is 252 g/mol. The van der Waals surface area contributed by atoms with Crippen LogP contribution in [0.15, 0.2) is 0 Å². The Bertz CT molecular complexity index is 254. The lowest BCUT2D eigenvalue weighted by Crippen LogP contribution is -2.25. The summed E-state index contributed by atoms with van der Waals surface area (Å²) in [5, 5.41) is 9.08. The van der Waals surface area contributed by atoms with E-state index in [1.165, 1.54) is 0 Å². The molecule has 0 aromatic carbocycles. The Hall–Kier alpha value is -0.380. The van der Waals surface area contributed by atoms with Gasteiger partial charge in [0, 0.05) is 0 Å².